The smallest absolute Gasteiger partial charge is 0.221 e. The zero-order chi connectivity index (χ0) is 14.5. The predicted octanol–water partition coefficient (Wildman–Crippen LogP) is 2.73. The SMILES string of the molecule is COc1cnn(C(C)C)c1C(=O)COc1ccccc1. The van der Waals surface area contributed by atoms with Gasteiger partial charge in [0.2, 0.25) is 5.78 Å². The fourth-order valence-corrected chi connectivity index (χ4v) is 1.89. The summed E-state index contributed by atoms with van der Waals surface area (Å²) in [7, 11) is 1.52. The summed E-state index contributed by atoms with van der Waals surface area (Å²) in [6, 6.07) is 9.31. The van der Waals surface area contributed by atoms with Crippen molar-refractivity contribution in [2.75, 3.05) is 13.7 Å². The number of benzene rings is 1. The second kappa shape index (κ2) is 6.23. The number of aromatic nitrogens is 2. The molecule has 0 aliphatic rings. The van der Waals surface area contributed by atoms with E-state index in [4.69, 9.17) is 9.47 Å². The first-order valence-electron chi connectivity index (χ1n) is 6.46. The summed E-state index contributed by atoms with van der Waals surface area (Å²) in [6.07, 6.45) is 1.55. The fraction of sp³-hybridized carbons (Fsp3) is 0.333. The number of carbonyl (C=O) groups is 1. The van der Waals surface area contributed by atoms with Crippen molar-refractivity contribution < 1.29 is 14.3 Å². The first kappa shape index (κ1) is 14.1. The first-order chi connectivity index (χ1) is 9.63. The van der Waals surface area contributed by atoms with Crippen molar-refractivity contribution in [2.45, 2.75) is 19.9 Å². The Morgan fingerprint density at radius 1 is 1.30 bits per heavy atom. The minimum atomic E-state index is -0.156. The zero-order valence-electron chi connectivity index (χ0n) is 11.9. The number of para-hydroxylation sites is 1. The van der Waals surface area contributed by atoms with E-state index in [1.165, 1.54) is 7.11 Å². The Hall–Kier alpha value is -2.30. The molecule has 2 aromatic rings. The van der Waals surface area contributed by atoms with Gasteiger partial charge in [0.05, 0.1) is 13.3 Å². The summed E-state index contributed by atoms with van der Waals surface area (Å²) < 4.78 is 12.3. The molecular weight excluding hydrogens is 256 g/mol. The van der Waals surface area contributed by atoms with Crippen molar-refractivity contribution in [2.24, 2.45) is 0 Å². The average molecular weight is 274 g/mol. The zero-order valence-corrected chi connectivity index (χ0v) is 11.9. The van der Waals surface area contributed by atoms with E-state index in [1.807, 2.05) is 44.2 Å². The minimum absolute atomic E-state index is 0.0429. The van der Waals surface area contributed by atoms with Crippen molar-refractivity contribution in [1.29, 1.82) is 0 Å². The van der Waals surface area contributed by atoms with Crippen LogP contribution in [0.25, 0.3) is 0 Å². The number of nitrogens with zero attached hydrogens (tertiary/aromatic N) is 2. The van der Waals surface area contributed by atoms with Gasteiger partial charge in [-0.3, -0.25) is 9.48 Å². The highest BCUT2D eigenvalue weighted by atomic mass is 16.5. The van der Waals surface area contributed by atoms with Crippen LogP contribution in [0.3, 0.4) is 0 Å². The van der Waals surface area contributed by atoms with Gasteiger partial charge in [-0.15, -0.1) is 0 Å². The maximum Gasteiger partial charge on any atom is 0.221 e. The van der Waals surface area contributed by atoms with E-state index in [0.29, 0.717) is 17.2 Å². The van der Waals surface area contributed by atoms with Gasteiger partial charge in [0.25, 0.3) is 0 Å². The Morgan fingerprint density at radius 3 is 2.60 bits per heavy atom. The van der Waals surface area contributed by atoms with Gasteiger partial charge in [-0.1, -0.05) is 18.2 Å². The van der Waals surface area contributed by atoms with Crippen LogP contribution in [0.5, 0.6) is 11.5 Å². The molecule has 20 heavy (non-hydrogen) atoms. The molecule has 0 aliphatic heterocycles. The van der Waals surface area contributed by atoms with Gasteiger partial charge in [-0.05, 0) is 26.0 Å². The highest BCUT2D eigenvalue weighted by molar-refractivity contribution is 5.98. The van der Waals surface area contributed by atoms with E-state index in [9.17, 15) is 4.79 Å². The molecule has 1 heterocycles. The number of ketones is 1. The molecule has 0 saturated carbocycles. The summed E-state index contributed by atoms with van der Waals surface area (Å²) >= 11 is 0. The molecule has 0 radical (unpaired) electrons. The van der Waals surface area contributed by atoms with Crippen molar-refractivity contribution >= 4 is 5.78 Å². The molecule has 0 bridgehead atoms. The topological polar surface area (TPSA) is 53.4 Å². The largest absolute Gasteiger partial charge is 0.493 e. The Morgan fingerprint density at radius 2 is 2.00 bits per heavy atom. The van der Waals surface area contributed by atoms with Gasteiger partial charge in [0.1, 0.15) is 11.4 Å². The van der Waals surface area contributed by atoms with Crippen LogP contribution < -0.4 is 9.47 Å². The summed E-state index contributed by atoms with van der Waals surface area (Å²) in [6.45, 7) is 3.88. The average Bonchev–Trinajstić information content (AvgIpc) is 2.90. The number of rotatable bonds is 6. The monoisotopic (exact) mass is 274 g/mol. The summed E-state index contributed by atoms with van der Waals surface area (Å²) in [4.78, 5) is 12.3. The molecule has 0 unspecified atom stereocenters. The molecule has 106 valence electrons. The highest BCUT2D eigenvalue weighted by Crippen LogP contribution is 2.22. The Bertz CT molecular complexity index is 576. The number of ether oxygens (including phenoxy) is 2. The summed E-state index contributed by atoms with van der Waals surface area (Å²) in [5.74, 6) is 0.979. The van der Waals surface area contributed by atoms with Crippen LogP contribution in [0, 0.1) is 0 Å². The third-order valence-corrected chi connectivity index (χ3v) is 2.85. The van der Waals surface area contributed by atoms with Gasteiger partial charge < -0.3 is 9.47 Å². The number of hydrogen-bond acceptors (Lipinski definition) is 4. The van der Waals surface area contributed by atoms with Crippen LogP contribution in [-0.2, 0) is 0 Å². The van der Waals surface area contributed by atoms with Crippen molar-refractivity contribution in [3.63, 3.8) is 0 Å². The Balaban J connectivity index is 2.14. The highest BCUT2D eigenvalue weighted by Gasteiger charge is 2.21. The molecule has 2 rings (SSSR count). The van der Waals surface area contributed by atoms with Gasteiger partial charge in [0, 0.05) is 6.04 Å². The first-order valence-corrected chi connectivity index (χ1v) is 6.46. The molecular formula is C15H18N2O3. The molecule has 5 heteroatoms. The molecule has 0 fully saturated rings. The van der Waals surface area contributed by atoms with E-state index >= 15 is 0 Å². The lowest BCUT2D eigenvalue weighted by molar-refractivity contribution is 0.0905. The van der Waals surface area contributed by atoms with Crippen LogP contribution in [0.15, 0.2) is 36.5 Å². The second-order valence-electron chi connectivity index (χ2n) is 4.62. The van der Waals surface area contributed by atoms with Gasteiger partial charge in [-0.25, -0.2) is 0 Å². The molecule has 0 aliphatic carbocycles. The molecule has 1 aromatic carbocycles. The van der Waals surface area contributed by atoms with Crippen LogP contribution in [-0.4, -0.2) is 29.3 Å². The van der Waals surface area contributed by atoms with Crippen LogP contribution in [0.1, 0.15) is 30.4 Å². The lowest BCUT2D eigenvalue weighted by Crippen LogP contribution is -2.19. The number of methoxy groups -OCH3 is 1. The quantitative estimate of drug-likeness (QED) is 0.760. The molecule has 1 aromatic heterocycles. The molecule has 0 amide bonds. The van der Waals surface area contributed by atoms with Crippen LogP contribution in [0.4, 0.5) is 0 Å². The minimum Gasteiger partial charge on any atom is -0.493 e. The summed E-state index contributed by atoms with van der Waals surface area (Å²) in [5, 5.41) is 4.18. The summed E-state index contributed by atoms with van der Waals surface area (Å²) in [5.41, 5.74) is 0.443. The van der Waals surface area contributed by atoms with Gasteiger partial charge >= 0.3 is 0 Å². The lowest BCUT2D eigenvalue weighted by Gasteiger charge is -2.11. The maximum absolute atomic E-state index is 12.3. The predicted molar refractivity (Wildman–Crippen MR) is 75.4 cm³/mol. The number of Topliss-reactive ketones (excluding diaryl/α,β-unsaturated/α-hetero) is 1. The molecule has 5 nitrogen and oxygen atoms in total. The number of hydrogen-bond donors (Lipinski definition) is 0. The van der Waals surface area contributed by atoms with E-state index in [2.05, 4.69) is 5.10 Å². The van der Waals surface area contributed by atoms with E-state index < -0.39 is 0 Å². The van der Waals surface area contributed by atoms with Crippen molar-refractivity contribution in [3.8, 4) is 11.5 Å². The molecule has 0 N–H and O–H groups in total. The normalized spacial score (nSPS) is 10.6. The fourth-order valence-electron chi connectivity index (χ4n) is 1.89. The Labute approximate surface area is 118 Å². The maximum atomic E-state index is 12.3. The third-order valence-electron chi connectivity index (χ3n) is 2.85. The van der Waals surface area contributed by atoms with Gasteiger partial charge in [-0.2, -0.15) is 5.10 Å². The Kier molecular flexibility index (Phi) is 4.40. The molecule has 0 atom stereocenters. The van der Waals surface area contributed by atoms with Gasteiger partial charge in [0.15, 0.2) is 12.4 Å². The van der Waals surface area contributed by atoms with Crippen molar-refractivity contribution in [1.82, 2.24) is 9.78 Å². The van der Waals surface area contributed by atoms with E-state index in [0.717, 1.165) is 0 Å². The lowest BCUT2D eigenvalue weighted by atomic mass is 10.2. The van der Waals surface area contributed by atoms with Crippen LogP contribution in [0.2, 0.25) is 0 Å². The van der Waals surface area contributed by atoms with E-state index in [1.54, 1.807) is 10.9 Å². The molecule has 0 spiro atoms. The standard InChI is InChI=1S/C15H18N2O3/c1-11(2)17-15(14(19-3)9-16-17)13(18)10-20-12-7-5-4-6-8-12/h4-9,11H,10H2,1-3H3. The van der Waals surface area contributed by atoms with Crippen LogP contribution >= 0.6 is 0 Å². The van der Waals surface area contributed by atoms with Crippen molar-refractivity contribution in [3.05, 3.63) is 42.2 Å². The molecule has 0 saturated heterocycles. The number of carbonyl (C=O) groups excluding carboxylic acids is 1. The third kappa shape index (κ3) is 2.99. The second-order valence-corrected chi connectivity index (χ2v) is 4.62. The van der Waals surface area contributed by atoms with E-state index in [-0.39, 0.29) is 18.4 Å².